The summed E-state index contributed by atoms with van der Waals surface area (Å²) in [4.78, 5) is 51.7. The lowest BCUT2D eigenvalue weighted by atomic mass is 9.93. The molecule has 0 saturated carbocycles. The Bertz CT molecular complexity index is 2280. The summed E-state index contributed by atoms with van der Waals surface area (Å²) in [5.41, 5.74) is 7.11. The Balaban J connectivity index is 1.35. The summed E-state index contributed by atoms with van der Waals surface area (Å²) in [7, 11) is 1.38. The minimum Gasteiger partial charge on any atom is -0.277 e. The summed E-state index contributed by atoms with van der Waals surface area (Å²) in [6.45, 7) is 4.14. The summed E-state index contributed by atoms with van der Waals surface area (Å²) in [6, 6.07) is 33.4. The normalized spacial score (nSPS) is 11.5. The van der Waals surface area contributed by atoms with Crippen LogP contribution in [0.1, 0.15) is 11.1 Å². The highest BCUT2D eigenvalue weighted by Crippen LogP contribution is 2.33. The number of nitrogens with zero attached hydrogens (tertiary/aromatic N) is 2. The van der Waals surface area contributed by atoms with E-state index >= 15 is 0 Å². The van der Waals surface area contributed by atoms with Gasteiger partial charge in [-0.2, -0.15) is 0 Å². The fourth-order valence-electron chi connectivity index (χ4n) is 5.75. The van der Waals surface area contributed by atoms with Gasteiger partial charge in [-0.1, -0.05) is 71.8 Å². The van der Waals surface area contributed by atoms with E-state index in [-0.39, 0.29) is 21.5 Å². The fraction of sp³-hybridized carbons (Fsp3) is 0.0811. The largest absolute Gasteiger partial charge is 0.277 e. The van der Waals surface area contributed by atoms with Crippen molar-refractivity contribution in [3.05, 3.63) is 156 Å². The average Bonchev–Trinajstić information content (AvgIpc) is 3.39. The second kappa shape index (κ2) is 9.74. The molecule has 208 valence electrons. The zero-order valence-corrected chi connectivity index (χ0v) is 23.8. The van der Waals surface area contributed by atoms with Crippen LogP contribution in [-0.4, -0.2) is 9.13 Å². The maximum absolute atomic E-state index is 13.4. The monoisotopic (exact) mass is 562 g/mol. The molecule has 43 heavy (non-hydrogen) atoms. The van der Waals surface area contributed by atoms with Crippen LogP contribution in [0.2, 0.25) is 0 Å². The van der Waals surface area contributed by atoms with Crippen molar-refractivity contribution >= 4 is 21.5 Å². The van der Waals surface area contributed by atoms with Crippen LogP contribution in [0.15, 0.2) is 122 Å². The fourth-order valence-corrected chi connectivity index (χ4v) is 5.75. The van der Waals surface area contributed by atoms with Gasteiger partial charge in [0.2, 0.25) is 0 Å². The second-order valence-corrected chi connectivity index (χ2v) is 11.1. The molecule has 0 amide bonds. The highest BCUT2D eigenvalue weighted by Gasteiger charge is 2.19. The molecule has 0 N–H and O–H groups in total. The smallest absolute Gasteiger partial charge is 0.266 e. The Morgan fingerprint density at radius 2 is 0.721 bits per heavy atom. The molecule has 6 heteroatoms. The van der Waals surface area contributed by atoms with Crippen LogP contribution in [-0.2, 0) is 7.05 Å². The molecule has 7 aromatic rings. The third kappa shape index (κ3) is 4.27. The Morgan fingerprint density at radius 3 is 1.09 bits per heavy atom. The first-order valence-electron chi connectivity index (χ1n) is 14.0. The standard InChI is InChI=1S/C37H26N2O4/c1-21-4-8-23(9-5-21)26-16-27(24-10-6-22(2)7-11-24)18-28(17-26)25-12-14-29(15-13-25)39-36(42)32-19-30-31(20-33(32)37(39)43)35(41)38(3)34(30)40/h4-20H,1-3H3. The predicted molar refractivity (Wildman–Crippen MR) is 173 cm³/mol. The van der Waals surface area contributed by atoms with Crippen LogP contribution in [0.25, 0.3) is 60.6 Å². The number of hydrogen-bond donors (Lipinski definition) is 0. The van der Waals surface area contributed by atoms with E-state index in [1.54, 1.807) is 12.1 Å². The van der Waals surface area contributed by atoms with Gasteiger partial charge in [0.1, 0.15) is 0 Å². The number of aromatic nitrogens is 2. The summed E-state index contributed by atoms with van der Waals surface area (Å²) in [6.07, 6.45) is 0. The Kier molecular flexibility index (Phi) is 5.95. The second-order valence-electron chi connectivity index (χ2n) is 11.1. The average molecular weight is 563 g/mol. The SMILES string of the molecule is Cc1ccc(-c2cc(-c3ccc(C)cc3)cc(-c3ccc(-n4c(=O)c5cc6c(=O)n(C)c(=O)c6cc5c4=O)cc3)c2)cc1. The van der Waals surface area contributed by atoms with E-state index in [4.69, 9.17) is 0 Å². The summed E-state index contributed by atoms with van der Waals surface area (Å²) in [5.74, 6) is 0. The molecular formula is C37H26N2O4. The van der Waals surface area contributed by atoms with Crippen LogP contribution < -0.4 is 22.2 Å². The molecule has 5 aromatic carbocycles. The first kappa shape index (κ1) is 26.3. The van der Waals surface area contributed by atoms with Gasteiger partial charge in [0, 0.05) is 7.05 Å². The maximum atomic E-state index is 13.4. The lowest BCUT2D eigenvalue weighted by Crippen LogP contribution is -2.23. The molecule has 0 atom stereocenters. The van der Waals surface area contributed by atoms with Crippen molar-refractivity contribution in [3.63, 3.8) is 0 Å². The van der Waals surface area contributed by atoms with E-state index in [9.17, 15) is 19.2 Å². The zero-order chi connectivity index (χ0) is 30.0. The molecule has 0 bridgehead atoms. The number of hydrogen-bond acceptors (Lipinski definition) is 4. The van der Waals surface area contributed by atoms with Crippen molar-refractivity contribution in [1.82, 2.24) is 9.13 Å². The van der Waals surface area contributed by atoms with Gasteiger partial charge in [0.25, 0.3) is 22.2 Å². The molecule has 0 aliphatic heterocycles. The molecule has 7 rings (SSSR count). The third-order valence-electron chi connectivity index (χ3n) is 8.26. The highest BCUT2D eigenvalue weighted by molar-refractivity contribution is 5.98. The van der Waals surface area contributed by atoms with Gasteiger partial charge in [-0.25, -0.2) is 4.57 Å². The minimum atomic E-state index is -0.520. The van der Waals surface area contributed by atoms with Crippen LogP contribution in [0.5, 0.6) is 0 Å². The lowest BCUT2D eigenvalue weighted by molar-refractivity contribution is 0.856. The topological polar surface area (TPSA) is 78.1 Å². The van der Waals surface area contributed by atoms with E-state index in [0.29, 0.717) is 5.69 Å². The zero-order valence-electron chi connectivity index (χ0n) is 23.8. The quantitative estimate of drug-likeness (QED) is 0.261. The molecule has 0 aliphatic carbocycles. The first-order chi connectivity index (χ1) is 20.7. The van der Waals surface area contributed by atoms with Crippen LogP contribution in [0.3, 0.4) is 0 Å². The first-order valence-corrected chi connectivity index (χ1v) is 14.0. The molecule has 6 nitrogen and oxygen atoms in total. The van der Waals surface area contributed by atoms with Gasteiger partial charge in [0.15, 0.2) is 0 Å². The summed E-state index contributed by atoms with van der Waals surface area (Å²) in [5, 5.41) is 0.528. The molecular weight excluding hydrogens is 536 g/mol. The molecule has 0 fully saturated rings. The lowest BCUT2D eigenvalue weighted by Gasteiger charge is -2.12. The minimum absolute atomic E-state index is 0.123. The van der Waals surface area contributed by atoms with Gasteiger partial charge in [-0.15, -0.1) is 0 Å². The van der Waals surface area contributed by atoms with Crippen molar-refractivity contribution in [1.29, 1.82) is 0 Å². The Hall–Kier alpha value is -5.62. The molecule has 0 unspecified atom stereocenters. The van der Waals surface area contributed by atoms with E-state index in [1.165, 1.54) is 30.3 Å². The number of benzene rings is 5. The molecule has 0 radical (unpaired) electrons. The van der Waals surface area contributed by atoms with E-state index in [0.717, 1.165) is 42.5 Å². The van der Waals surface area contributed by atoms with E-state index in [2.05, 4.69) is 80.6 Å². The van der Waals surface area contributed by atoms with Crippen molar-refractivity contribution in [2.45, 2.75) is 13.8 Å². The van der Waals surface area contributed by atoms with Crippen molar-refractivity contribution in [3.8, 4) is 39.1 Å². The maximum Gasteiger partial charge on any atom is 0.266 e. The van der Waals surface area contributed by atoms with E-state index in [1.807, 2.05) is 12.1 Å². The third-order valence-corrected chi connectivity index (χ3v) is 8.26. The Morgan fingerprint density at radius 1 is 0.395 bits per heavy atom. The van der Waals surface area contributed by atoms with Gasteiger partial charge in [-0.05, 0) is 89.7 Å². The van der Waals surface area contributed by atoms with Crippen molar-refractivity contribution < 1.29 is 0 Å². The molecule has 0 spiro atoms. The van der Waals surface area contributed by atoms with Gasteiger partial charge < -0.3 is 0 Å². The van der Waals surface area contributed by atoms with Gasteiger partial charge in [-0.3, -0.25) is 23.7 Å². The molecule has 2 heterocycles. The van der Waals surface area contributed by atoms with Crippen LogP contribution in [0, 0.1) is 13.8 Å². The Labute approximate surface area is 246 Å². The molecule has 2 aromatic heterocycles. The summed E-state index contributed by atoms with van der Waals surface area (Å²) >= 11 is 0. The summed E-state index contributed by atoms with van der Waals surface area (Å²) < 4.78 is 2.09. The van der Waals surface area contributed by atoms with Gasteiger partial charge >= 0.3 is 0 Å². The number of fused-ring (bicyclic) bond motifs is 2. The highest BCUT2D eigenvalue weighted by atomic mass is 16.2. The molecule has 0 aliphatic rings. The molecule has 0 saturated heterocycles. The predicted octanol–water partition coefficient (Wildman–Crippen LogP) is 6.06. The number of aryl methyl sites for hydroxylation is 2. The van der Waals surface area contributed by atoms with Crippen LogP contribution >= 0.6 is 0 Å². The van der Waals surface area contributed by atoms with Gasteiger partial charge in [0.05, 0.1) is 27.2 Å². The van der Waals surface area contributed by atoms with Crippen molar-refractivity contribution in [2.24, 2.45) is 7.05 Å². The van der Waals surface area contributed by atoms with Crippen molar-refractivity contribution in [2.75, 3.05) is 0 Å². The number of rotatable bonds is 4. The van der Waals surface area contributed by atoms with Crippen LogP contribution in [0.4, 0.5) is 0 Å². The van der Waals surface area contributed by atoms with E-state index < -0.39 is 22.2 Å².